The van der Waals surface area contributed by atoms with Crippen LogP contribution in [0, 0.1) is 13.5 Å². The Balaban J connectivity index is 1.74. The summed E-state index contributed by atoms with van der Waals surface area (Å²) in [6.45, 7) is 10.9. The maximum atomic E-state index is 13.2. The van der Waals surface area contributed by atoms with Crippen molar-refractivity contribution in [3.63, 3.8) is 0 Å². The summed E-state index contributed by atoms with van der Waals surface area (Å²) in [5, 5.41) is 9.69. The number of aliphatic hydroxyl groups excluding tert-OH is 1. The molecular formula is C22H22N4O2. The van der Waals surface area contributed by atoms with E-state index >= 15 is 0 Å². The Kier molecular flexibility index (Phi) is 4.95. The number of carbonyl (C=O) groups is 1. The van der Waals surface area contributed by atoms with Crippen LogP contribution in [0.2, 0.25) is 0 Å². The van der Waals surface area contributed by atoms with Crippen molar-refractivity contribution in [3.05, 3.63) is 65.3 Å². The number of aliphatic hydroxyl groups is 1. The summed E-state index contributed by atoms with van der Waals surface area (Å²) in [5.74, 6) is 0.0501. The lowest BCUT2D eigenvalue weighted by molar-refractivity contribution is 0.0711. The lowest BCUT2D eigenvalue weighted by atomic mass is 10.1. The number of fused-ring (bicyclic) bond motifs is 1. The molecule has 0 aliphatic carbocycles. The Morgan fingerprint density at radius 2 is 1.96 bits per heavy atom. The fraction of sp³-hybridized carbons (Fsp3) is 0.318. The number of piperidine rings is 1. The monoisotopic (exact) mass is 374 g/mol. The SMILES string of the molecule is [C-]#[N+]c1ccc(-n2c(C)c(C(=O)CN3CCC(O)CC3)c3ncccc32)cc1. The smallest absolute Gasteiger partial charge is 0.187 e. The highest BCUT2D eigenvalue weighted by Gasteiger charge is 2.25. The van der Waals surface area contributed by atoms with Gasteiger partial charge in [-0.1, -0.05) is 12.1 Å². The molecule has 0 bridgehead atoms. The van der Waals surface area contributed by atoms with Crippen molar-refractivity contribution in [1.82, 2.24) is 14.5 Å². The minimum Gasteiger partial charge on any atom is -0.393 e. The third kappa shape index (κ3) is 3.31. The van der Waals surface area contributed by atoms with E-state index in [0.29, 0.717) is 36.2 Å². The van der Waals surface area contributed by atoms with Gasteiger partial charge < -0.3 is 9.67 Å². The molecule has 0 saturated carbocycles. The van der Waals surface area contributed by atoms with E-state index in [-0.39, 0.29) is 11.9 Å². The first kappa shape index (κ1) is 18.4. The Bertz CT molecular complexity index is 1050. The number of likely N-dealkylation sites (tertiary alicyclic amines) is 1. The number of carbonyl (C=O) groups excluding carboxylic acids is 1. The standard InChI is InChI=1S/C22H22N4O2/c1-15-21(20(28)14-25-12-9-18(27)10-13-25)22-19(4-3-11-24-22)26(15)17-7-5-16(23-2)6-8-17/h3-8,11,18,27H,9-10,12-14H2,1H3. The highest BCUT2D eigenvalue weighted by atomic mass is 16.3. The first-order valence-electron chi connectivity index (χ1n) is 9.46. The maximum Gasteiger partial charge on any atom is 0.187 e. The van der Waals surface area contributed by atoms with Crippen LogP contribution in [0.4, 0.5) is 5.69 Å². The van der Waals surface area contributed by atoms with Gasteiger partial charge in [0.05, 0.1) is 35.8 Å². The van der Waals surface area contributed by atoms with Crippen LogP contribution in [-0.4, -0.2) is 51.1 Å². The molecule has 2 aromatic heterocycles. The number of Topliss-reactive ketones (excluding diaryl/α,β-unsaturated/α-hetero) is 1. The minimum atomic E-state index is -0.255. The van der Waals surface area contributed by atoms with E-state index in [1.807, 2.05) is 35.8 Å². The zero-order chi connectivity index (χ0) is 19.7. The van der Waals surface area contributed by atoms with Gasteiger partial charge in [-0.25, -0.2) is 4.85 Å². The van der Waals surface area contributed by atoms with Crippen molar-refractivity contribution in [2.45, 2.75) is 25.9 Å². The van der Waals surface area contributed by atoms with Gasteiger partial charge in [-0.3, -0.25) is 14.7 Å². The number of benzene rings is 1. The molecule has 1 fully saturated rings. The zero-order valence-corrected chi connectivity index (χ0v) is 15.8. The number of ketones is 1. The Labute approximate surface area is 163 Å². The van der Waals surface area contributed by atoms with Crippen LogP contribution in [0.25, 0.3) is 21.6 Å². The molecule has 142 valence electrons. The molecule has 0 amide bonds. The molecule has 6 nitrogen and oxygen atoms in total. The van der Waals surface area contributed by atoms with Gasteiger partial charge in [-0.15, -0.1) is 0 Å². The molecule has 1 saturated heterocycles. The molecule has 1 aliphatic rings. The summed E-state index contributed by atoms with van der Waals surface area (Å²) < 4.78 is 2.03. The van der Waals surface area contributed by atoms with Crippen molar-refractivity contribution < 1.29 is 9.90 Å². The first-order chi connectivity index (χ1) is 13.6. The van der Waals surface area contributed by atoms with Gasteiger partial charge in [-0.05, 0) is 44.0 Å². The van der Waals surface area contributed by atoms with E-state index in [0.717, 1.165) is 30.0 Å². The van der Waals surface area contributed by atoms with Gasteiger partial charge in [0.2, 0.25) is 0 Å². The van der Waals surface area contributed by atoms with Crippen LogP contribution in [0.15, 0.2) is 42.6 Å². The normalized spacial score (nSPS) is 15.6. The number of hydrogen-bond acceptors (Lipinski definition) is 4. The van der Waals surface area contributed by atoms with Gasteiger partial charge in [0.25, 0.3) is 0 Å². The average Bonchev–Trinajstić information content (AvgIpc) is 3.01. The molecule has 0 unspecified atom stereocenters. The highest BCUT2D eigenvalue weighted by molar-refractivity contribution is 6.09. The number of hydrogen-bond donors (Lipinski definition) is 1. The molecule has 1 aliphatic heterocycles. The van der Waals surface area contributed by atoms with Crippen LogP contribution < -0.4 is 0 Å². The molecule has 0 atom stereocenters. The number of rotatable bonds is 4. The maximum absolute atomic E-state index is 13.2. The predicted octanol–water partition coefficient (Wildman–Crippen LogP) is 3.52. The van der Waals surface area contributed by atoms with Crippen LogP contribution in [0.5, 0.6) is 0 Å². The van der Waals surface area contributed by atoms with Crippen LogP contribution in [0.3, 0.4) is 0 Å². The molecule has 3 aromatic rings. The molecule has 4 rings (SSSR count). The van der Waals surface area contributed by atoms with E-state index in [1.165, 1.54) is 0 Å². The van der Waals surface area contributed by atoms with E-state index in [4.69, 9.17) is 6.57 Å². The number of aromatic nitrogens is 2. The van der Waals surface area contributed by atoms with Crippen molar-refractivity contribution in [2.24, 2.45) is 0 Å². The summed E-state index contributed by atoms with van der Waals surface area (Å²) in [6, 6.07) is 11.2. The minimum absolute atomic E-state index is 0.0501. The Morgan fingerprint density at radius 3 is 2.64 bits per heavy atom. The Morgan fingerprint density at radius 1 is 1.25 bits per heavy atom. The van der Waals surface area contributed by atoms with Crippen LogP contribution in [0.1, 0.15) is 28.9 Å². The van der Waals surface area contributed by atoms with E-state index in [2.05, 4.69) is 14.7 Å². The molecule has 0 radical (unpaired) electrons. The average molecular weight is 374 g/mol. The quantitative estimate of drug-likeness (QED) is 0.561. The van der Waals surface area contributed by atoms with Crippen molar-refractivity contribution >= 4 is 22.5 Å². The van der Waals surface area contributed by atoms with Gasteiger partial charge in [-0.2, -0.15) is 0 Å². The first-order valence-corrected chi connectivity index (χ1v) is 9.46. The Hall–Kier alpha value is -3.01. The van der Waals surface area contributed by atoms with Crippen LogP contribution >= 0.6 is 0 Å². The topological polar surface area (TPSA) is 62.7 Å². The van der Waals surface area contributed by atoms with Crippen molar-refractivity contribution in [1.29, 1.82) is 0 Å². The largest absolute Gasteiger partial charge is 0.393 e. The van der Waals surface area contributed by atoms with Crippen LogP contribution in [-0.2, 0) is 0 Å². The van der Waals surface area contributed by atoms with Gasteiger partial charge >= 0.3 is 0 Å². The second kappa shape index (κ2) is 7.55. The second-order valence-corrected chi connectivity index (χ2v) is 7.23. The lowest BCUT2D eigenvalue weighted by Crippen LogP contribution is -2.39. The van der Waals surface area contributed by atoms with Crippen molar-refractivity contribution in [3.8, 4) is 5.69 Å². The number of nitrogens with zero attached hydrogens (tertiary/aromatic N) is 4. The molecule has 28 heavy (non-hydrogen) atoms. The molecule has 1 aromatic carbocycles. The summed E-state index contributed by atoms with van der Waals surface area (Å²) in [4.78, 5) is 23.2. The fourth-order valence-corrected chi connectivity index (χ4v) is 3.94. The van der Waals surface area contributed by atoms with Gasteiger partial charge in [0, 0.05) is 30.7 Å². The van der Waals surface area contributed by atoms with Gasteiger partial charge in [0.15, 0.2) is 11.5 Å². The molecular weight excluding hydrogens is 352 g/mol. The molecule has 6 heteroatoms. The lowest BCUT2D eigenvalue weighted by Gasteiger charge is -2.28. The summed E-state index contributed by atoms with van der Waals surface area (Å²) >= 11 is 0. The molecule has 3 heterocycles. The van der Waals surface area contributed by atoms with E-state index < -0.39 is 0 Å². The molecule has 0 spiro atoms. The van der Waals surface area contributed by atoms with E-state index in [9.17, 15) is 9.90 Å². The van der Waals surface area contributed by atoms with E-state index in [1.54, 1.807) is 18.3 Å². The summed E-state index contributed by atoms with van der Waals surface area (Å²) in [6.07, 6.45) is 2.87. The third-order valence-corrected chi connectivity index (χ3v) is 5.40. The predicted molar refractivity (Wildman–Crippen MR) is 108 cm³/mol. The summed E-state index contributed by atoms with van der Waals surface area (Å²) in [5.41, 5.74) is 4.58. The zero-order valence-electron chi connectivity index (χ0n) is 15.8. The van der Waals surface area contributed by atoms with Crippen molar-refractivity contribution in [2.75, 3.05) is 19.6 Å². The van der Waals surface area contributed by atoms with Gasteiger partial charge in [0.1, 0.15) is 0 Å². The summed E-state index contributed by atoms with van der Waals surface area (Å²) in [7, 11) is 0. The highest BCUT2D eigenvalue weighted by Crippen LogP contribution is 2.29. The fourth-order valence-electron chi connectivity index (χ4n) is 3.94. The second-order valence-electron chi connectivity index (χ2n) is 7.23. The molecule has 1 N–H and O–H groups in total. The number of pyridine rings is 1. The third-order valence-electron chi connectivity index (χ3n) is 5.40.